The van der Waals surface area contributed by atoms with Crippen molar-refractivity contribution in [2.45, 2.75) is 122 Å². The first-order valence-electron chi connectivity index (χ1n) is 29.6. The van der Waals surface area contributed by atoms with Gasteiger partial charge < -0.3 is 44.9 Å². The summed E-state index contributed by atoms with van der Waals surface area (Å²) in [5.41, 5.74) is 1.56. The largest absolute Gasteiger partial charge is 0.493 e. The third kappa shape index (κ3) is 16.8. The molecule has 0 spiro atoms. The van der Waals surface area contributed by atoms with Gasteiger partial charge in [-0.25, -0.2) is 24.3 Å². The third-order valence-corrected chi connectivity index (χ3v) is 15.9. The first-order chi connectivity index (χ1) is 42.7. The molecule has 89 heavy (non-hydrogen) atoms. The standard InChI is InChI=1S/C25H28N4O2.C21H24F3N3O2.C20H21F4N3O2/c1-3-31-23-14-8-7-12-20(23)24(30)29-17-9-13-21(18(29)2)27-25-26-16-15-22(28-25)19-10-5-4-6-11-19;1-3-29-18-9-5-4-7-16(18)20(28)27-12-6-8-17(14(27)2)26-19-11-10-15(13-25-19)21(22,23)24;1-12-16(26-17-9-8-13(11-25-17)20(22,23)24)7-4-10-27(12)19(28)14-5-3-6-15(21)18(14)29-2/h4-8,10-12,14-16,18,21H,3,9,13,17H2,1-2H3,(H,26,27,28);4-5,7,9-11,13-14,17H,3,6,8,12H2,1-2H3,(H,25,26);3,5-6,8-9,11-12,16H,4,7,10H2,1-2H3,(H,25,26)/t18-,21+;14-,17-;12-,16-/m011/s1. The Bertz CT molecular complexity index is 3460. The average Bonchev–Trinajstić information content (AvgIpc) is 1.71. The highest BCUT2D eigenvalue weighted by atomic mass is 19.4. The number of nitrogens with one attached hydrogen (secondary N) is 3. The third-order valence-electron chi connectivity index (χ3n) is 15.9. The lowest BCUT2D eigenvalue weighted by Crippen LogP contribution is -2.52. The van der Waals surface area contributed by atoms with Gasteiger partial charge in [-0.15, -0.1) is 0 Å². The summed E-state index contributed by atoms with van der Waals surface area (Å²) < 4.78 is 106. The molecule has 6 heterocycles. The zero-order chi connectivity index (χ0) is 63.8. The SMILES string of the molecule is CCOc1ccccc1C(=O)N1CCC[C@@H](Nc2ccc(C(F)(F)F)cn2)[C@H]1C.CCOc1ccccc1C(=O)N1CCC[C@@H](Nc2nccc(-c3ccccc3)n2)[C@@H]1C.COc1c(F)cccc1C(=O)N1CCC[C@@H](Nc2ccc(C(F)(F)F)cn2)[C@H]1C. The molecule has 3 saturated heterocycles. The molecule has 4 aromatic carbocycles. The Morgan fingerprint density at radius 3 is 1.38 bits per heavy atom. The fraction of sp³-hybridized carbons (Fsp3) is 0.379. The number of benzene rings is 4. The Balaban J connectivity index is 0.000000173. The number of rotatable bonds is 15. The summed E-state index contributed by atoms with van der Waals surface area (Å²) in [5, 5.41) is 9.76. The molecule has 3 amide bonds. The van der Waals surface area contributed by atoms with E-state index in [0.717, 1.165) is 68.0 Å². The van der Waals surface area contributed by atoms with Gasteiger partial charge in [-0.1, -0.05) is 60.7 Å². The zero-order valence-corrected chi connectivity index (χ0v) is 50.3. The maximum absolute atomic E-state index is 14.0. The van der Waals surface area contributed by atoms with Gasteiger partial charge in [0.15, 0.2) is 11.6 Å². The van der Waals surface area contributed by atoms with E-state index < -0.39 is 29.3 Å². The van der Waals surface area contributed by atoms with Gasteiger partial charge in [0, 0.05) is 80.0 Å². The van der Waals surface area contributed by atoms with Gasteiger partial charge in [0.25, 0.3) is 17.7 Å². The molecule has 0 aliphatic carbocycles. The Morgan fingerprint density at radius 2 is 0.955 bits per heavy atom. The van der Waals surface area contributed by atoms with E-state index in [0.29, 0.717) is 79.4 Å². The lowest BCUT2D eigenvalue weighted by Gasteiger charge is -2.40. The summed E-state index contributed by atoms with van der Waals surface area (Å²) in [6.07, 6.45) is -0.649. The number of para-hydroxylation sites is 3. The number of halogens is 7. The van der Waals surface area contributed by atoms with Crippen molar-refractivity contribution in [3.05, 3.63) is 180 Å². The molecular formula is C66H73F7N10O6. The zero-order valence-electron chi connectivity index (χ0n) is 50.3. The van der Waals surface area contributed by atoms with Crippen LogP contribution < -0.4 is 30.2 Å². The predicted octanol–water partition coefficient (Wildman–Crippen LogP) is 13.6. The maximum atomic E-state index is 14.0. The minimum atomic E-state index is -4.45. The topological polar surface area (TPSA) is 176 Å². The van der Waals surface area contributed by atoms with Gasteiger partial charge in [0.05, 0.1) is 53.8 Å². The first-order valence-corrected chi connectivity index (χ1v) is 29.6. The van der Waals surface area contributed by atoms with Crippen LogP contribution in [0, 0.1) is 5.82 Å². The fourth-order valence-corrected chi connectivity index (χ4v) is 11.1. The number of nitrogens with zero attached hydrogens (tertiary/aromatic N) is 7. The molecule has 0 bridgehead atoms. The molecule has 7 aromatic rings. The van der Waals surface area contributed by atoms with Crippen molar-refractivity contribution in [1.29, 1.82) is 0 Å². The number of piperidine rings is 3. The normalized spacial score (nSPS) is 19.3. The van der Waals surface area contributed by atoms with Crippen molar-refractivity contribution < 1.29 is 59.3 Å². The minimum Gasteiger partial charge on any atom is -0.493 e. The highest BCUT2D eigenvalue weighted by Gasteiger charge is 2.37. The van der Waals surface area contributed by atoms with Gasteiger partial charge >= 0.3 is 12.4 Å². The van der Waals surface area contributed by atoms with Crippen LogP contribution in [0.2, 0.25) is 0 Å². The lowest BCUT2D eigenvalue weighted by atomic mass is 9.96. The quantitative estimate of drug-likeness (QED) is 0.0828. The second kappa shape index (κ2) is 30.3. The van der Waals surface area contributed by atoms with Crippen LogP contribution in [-0.2, 0) is 12.4 Å². The molecule has 0 saturated carbocycles. The summed E-state index contributed by atoms with van der Waals surface area (Å²) >= 11 is 0. The molecule has 0 unspecified atom stereocenters. The number of alkyl halides is 6. The number of carbonyl (C=O) groups excluding carboxylic acids is 3. The van der Waals surface area contributed by atoms with E-state index in [2.05, 4.69) is 37.8 Å². The van der Waals surface area contributed by atoms with E-state index in [1.165, 1.54) is 37.4 Å². The van der Waals surface area contributed by atoms with Crippen LogP contribution in [0.4, 0.5) is 48.3 Å². The highest BCUT2D eigenvalue weighted by molar-refractivity contribution is 5.98. The molecule has 3 fully saturated rings. The number of anilines is 3. The Morgan fingerprint density at radius 1 is 0.528 bits per heavy atom. The van der Waals surface area contributed by atoms with Crippen molar-refractivity contribution in [2.24, 2.45) is 0 Å². The van der Waals surface area contributed by atoms with Crippen molar-refractivity contribution in [3.8, 4) is 28.5 Å². The van der Waals surface area contributed by atoms with Crippen molar-refractivity contribution in [2.75, 3.05) is 55.9 Å². The summed E-state index contributed by atoms with van der Waals surface area (Å²) in [6.45, 7) is 12.4. The number of carbonyl (C=O) groups is 3. The van der Waals surface area contributed by atoms with Crippen LogP contribution in [-0.4, -0.2) is 129 Å². The maximum Gasteiger partial charge on any atom is 0.417 e. The summed E-state index contributed by atoms with van der Waals surface area (Å²) in [6, 6.07) is 34.6. The molecule has 472 valence electrons. The number of hydrogen-bond acceptors (Lipinski definition) is 13. The van der Waals surface area contributed by atoms with Gasteiger partial charge in [0.1, 0.15) is 23.1 Å². The molecule has 23 heteroatoms. The predicted molar refractivity (Wildman–Crippen MR) is 326 cm³/mol. The van der Waals surface area contributed by atoms with Crippen LogP contribution >= 0.6 is 0 Å². The van der Waals surface area contributed by atoms with Crippen molar-refractivity contribution in [3.63, 3.8) is 0 Å². The molecule has 0 radical (unpaired) electrons. The minimum absolute atomic E-state index is 0.0000796. The Hall–Kier alpha value is -9.02. The number of pyridine rings is 2. The average molecular weight is 1240 g/mol. The van der Waals surface area contributed by atoms with Crippen LogP contribution in [0.25, 0.3) is 11.3 Å². The molecule has 3 aliphatic heterocycles. The van der Waals surface area contributed by atoms with E-state index in [4.69, 9.17) is 19.2 Å². The van der Waals surface area contributed by atoms with E-state index in [1.807, 2.05) is 99.3 Å². The number of methoxy groups -OCH3 is 1. The van der Waals surface area contributed by atoms with Crippen molar-refractivity contribution >= 4 is 35.3 Å². The summed E-state index contributed by atoms with van der Waals surface area (Å²) in [7, 11) is 1.30. The highest BCUT2D eigenvalue weighted by Crippen LogP contribution is 2.34. The Kier molecular flexibility index (Phi) is 22.4. The van der Waals surface area contributed by atoms with E-state index >= 15 is 0 Å². The smallest absolute Gasteiger partial charge is 0.417 e. The van der Waals surface area contributed by atoms with Crippen LogP contribution in [0.15, 0.2) is 146 Å². The monoisotopic (exact) mass is 1230 g/mol. The van der Waals surface area contributed by atoms with E-state index in [1.54, 1.807) is 34.2 Å². The number of likely N-dealkylation sites (tertiary alicyclic amines) is 3. The second-order valence-electron chi connectivity index (χ2n) is 21.6. The molecular weight excluding hydrogens is 1160 g/mol. The molecule has 10 rings (SSSR count). The van der Waals surface area contributed by atoms with Gasteiger partial charge in [0.2, 0.25) is 5.95 Å². The number of ether oxygens (including phenoxy) is 3. The lowest BCUT2D eigenvalue weighted by molar-refractivity contribution is -0.138. The summed E-state index contributed by atoms with van der Waals surface area (Å²) in [4.78, 5) is 61.6. The fourth-order valence-electron chi connectivity index (χ4n) is 11.1. The number of aromatic nitrogens is 4. The van der Waals surface area contributed by atoms with Crippen LogP contribution in [0.5, 0.6) is 17.2 Å². The van der Waals surface area contributed by atoms with Crippen LogP contribution in [0.1, 0.15) is 115 Å². The number of hydrogen-bond donors (Lipinski definition) is 3. The summed E-state index contributed by atoms with van der Waals surface area (Å²) in [5.74, 6) is 1.23. The van der Waals surface area contributed by atoms with E-state index in [-0.39, 0.29) is 65.3 Å². The number of amides is 3. The van der Waals surface area contributed by atoms with Gasteiger partial charge in [-0.05, 0) is 140 Å². The molecule has 3 N–H and O–H groups in total. The van der Waals surface area contributed by atoms with Crippen molar-refractivity contribution in [1.82, 2.24) is 34.6 Å². The Labute approximate surface area is 513 Å². The molecule has 3 aliphatic rings. The first kappa shape index (κ1) is 65.9. The van der Waals surface area contributed by atoms with Gasteiger partial charge in [-0.2, -0.15) is 26.3 Å². The van der Waals surface area contributed by atoms with E-state index in [9.17, 15) is 45.1 Å². The molecule has 16 nitrogen and oxygen atoms in total. The molecule has 3 aromatic heterocycles. The van der Waals surface area contributed by atoms with Crippen LogP contribution in [0.3, 0.4) is 0 Å². The molecule has 6 atom stereocenters. The van der Waals surface area contributed by atoms with Gasteiger partial charge in [-0.3, -0.25) is 14.4 Å². The second-order valence-corrected chi connectivity index (χ2v) is 21.6.